The summed E-state index contributed by atoms with van der Waals surface area (Å²) in [6.07, 6.45) is 0. The summed E-state index contributed by atoms with van der Waals surface area (Å²) in [5, 5.41) is 0. The average Bonchev–Trinajstić information content (AvgIpc) is 3.15. The van der Waals surface area contributed by atoms with Crippen molar-refractivity contribution >= 4 is 11.5 Å². The van der Waals surface area contributed by atoms with Gasteiger partial charge in [0, 0.05) is 36.2 Å². The molecule has 2 atom stereocenters. The van der Waals surface area contributed by atoms with Gasteiger partial charge in [-0.05, 0) is 48.9 Å². The summed E-state index contributed by atoms with van der Waals surface area (Å²) in [5.41, 5.74) is 4.09. The maximum Gasteiger partial charge on any atom is 0.168 e. The summed E-state index contributed by atoms with van der Waals surface area (Å²) in [6.45, 7) is 3.53. The summed E-state index contributed by atoms with van der Waals surface area (Å²) in [4.78, 5) is 15.5. The molecule has 136 valence electrons. The van der Waals surface area contributed by atoms with E-state index in [1.165, 1.54) is 23.3 Å². The van der Waals surface area contributed by atoms with Crippen LogP contribution in [0.4, 0.5) is 10.1 Å². The van der Waals surface area contributed by atoms with Crippen LogP contribution in [0.2, 0.25) is 0 Å². The molecule has 0 spiro atoms. The zero-order valence-electron chi connectivity index (χ0n) is 15.3. The van der Waals surface area contributed by atoms with Crippen molar-refractivity contribution in [3.8, 4) is 0 Å². The first-order chi connectivity index (χ1) is 13.1. The number of rotatable bonds is 4. The van der Waals surface area contributed by atoms with E-state index in [0.717, 1.165) is 12.2 Å². The molecule has 2 nitrogen and oxygen atoms in total. The van der Waals surface area contributed by atoms with E-state index in [1.807, 2.05) is 18.2 Å². The molecule has 3 aromatic carbocycles. The van der Waals surface area contributed by atoms with Crippen LogP contribution in [0.1, 0.15) is 27.4 Å². The normalized spacial score (nSPS) is 19.3. The van der Waals surface area contributed by atoms with Crippen molar-refractivity contribution in [2.24, 2.45) is 5.92 Å². The van der Waals surface area contributed by atoms with E-state index in [0.29, 0.717) is 12.1 Å². The Labute approximate surface area is 159 Å². The highest BCUT2D eigenvalue weighted by Crippen LogP contribution is 2.37. The van der Waals surface area contributed by atoms with Gasteiger partial charge in [-0.1, -0.05) is 48.0 Å². The van der Waals surface area contributed by atoms with Crippen LogP contribution in [-0.2, 0) is 0 Å². The highest BCUT2D eigenvalue weighted by atomic mass is 19.1. The molecule has 0 unspecified atom stereocenters. The predicted molar refractivity (Wildman–Crippen MR) is 107 cm³/mol. The van der Waals surface area contributed by atoms with E-state index in [1.54, 1.807) is 12.1 Å². The Bertz CT molecular complexity index is 919. The van der Waals surface area contributed by atoms with E-state index >= 15 is 0 Å². The third-order valence-electron chi connectivity index (χ3n) is 5.41. The van der Waals surface area contributed by atoms with Crippen molar-refractivity contribution in [2.45, 2.75) is 12.8 Å². The molecular formula is C24H22FNO. The Balaban J connectivity index is 1.67. The lowest BCUT2D eigenvalue weighted by molar-refractivity contribution is 0.0921. The molecule has 0 saturated carbocycles. The van der Waals surface area contributed by atoms with E-state index in [4.69, 9.17) is 0 Å². The molecule has 3 aromatic rings. The van der Waals surface area contributed by atoms with Crippen LogP contribution < -0.4 is 4.90 Å². The zero-order chi connectivity index (χ0) is 18.8. The number of nitrogens with zero attached hydrogens (tertiary/aromatic N) is 1. The number of ketones is 1. The third kappa shape index (κ3) is 3.63. The first-order valence-corrected chi connectivity index (χ1v) is 9.28. The summed E-state index contributed by atoms with van der Waals surface area (Å²) in [5.74, 6) is -0.278. The van der Waals surface area contributed by atoms with Gasteiger partial charge < -0.3 is 4.90 Å². The number of carbonyl (C=O) groups is 1. The molecule has 3 heteroatoms. The zero-order valence-corrected chi connectivity index (χ0v) is 15.3. The fraction of sp³-hybridized carbons (Fsp3) is 0.208. The van der Waals surface area contributed by atoms with Gasteiger partial charge in [0.1, 0.15) is 5.82 Å². The molecule has 1 saturated heterocycles. The molecule has 1 heterocycles. The van der Waals surface area contributed by atoms with Crippen molar-refractivity contribution in [1.82, 2.24) is 0 Å². The summed E-state index contributed by atoms with van der Waals surface area (Å²) >= 11 is 0. The van der Waals surface area contributed by atoms with E-state index in [9.17, 15) is 9.18 Å². The predicted octanol–water partition coefficient (Wildman–Crippen LogP) is 5.24. The monoisotopic (exact) mass is 359 g/mol. The minimum absolute atomic E-state index is 0.0824. The molecule has 0 aromatic heterocycles. The highest BCUT2D eigenvalue weighted by Gasteiger charge is 2.38. The minimum atomic E-state index is -0.320. The smallest absolute Gasteiger partial charge is 0.168 e. The Morgan fingerprint density at radius 1 is 0.889 bits per heavy atom. The van der Waals surface area contributed by atoms with Gasteiger partial charge in [0.05, 0.1) is 0 Å². The van der Waals surface area contributed by atoms with Crippen LogP contribution in [0.25, 0.3) is 0 Å². The molecule has 4 rings (SSSR count). The summed E-state index contributed by atoms with van der Waals surface area (Å²) in [6, 6.07) is 24.5. The molecule has 0 amide bonds. The number of hydrogen-bond donors (Lipinski definition) is 0. The summed E-state index contributed by atoms with van der Waals surface area (Å²) < 4.78 is 13.3. The molecule has 0 bridgehead atoms. The lowest BCUT2D eigenvalue weighted by Gasteiger charge is -2.18. The standard InChI is InChI=1S/C24H22FNO/c1-17-7-9-18(10-8-17)22-15-26(21-5-3-2-4-6-21)16-23(22)24(27)19-11-13-20(25)14-12-19/h2-14,22-23H,15-16H2,1H3/t22-,23-/m0/s1. The Kier molecular flexibility index (Phi) is 4.76. The number of aryl methyl sites for hydroxylation is 1. The average molecular weight is 359 g/mol. The molecule has 0 N–H and O–H groups in total. The first-order valence-electron chi connectivity index (χ1n) is 9.28. The van der Waals surface area contributed by atoms with Crippen LogP contribution in [0, 0.1) is 18.7 Å². The second-order valence-corrected chi connectivity index (χ2v) is 7.24. The van der Waals surface area contributed by atoms with Crippen LogP contribution in [0.3, 0.4) is 0 Å². The number of halogens is 1. The van der Waals surface area contributed by atoms with E-state index in [2.05, 4.69) is 48.2 Å². The Hall–Kier alpha value is -2.94. The Morgan fingerprint density at radius 2 is 1.56 bits per heavy atom. The topological polar surface area (TPSA) is 20.3 Å². The number of Topliss-reactive ketones (excluding diaryl/α,β-unsaturated/α-hetero) is 1. The fourth-order valence-corrected chi connectivity index (χ4v) is 3.90. The molecule has 0 radical (unpaired) electrons. The number of hydrogen-bond acceptors (Lipinski definition) is 2. The largest absolute Gasteiger partial charge is 0.370 e. The number of carbonyl (C=O) groups excluding carboxylic acids is 1. The van der Waals surface area contributed by atoms with Crippen molar-refractivity contribution in [3.05, 3.63) is 101 Å². The lowest BCUT2D eigenvalue weighted by atomic mass is 9.83. The van der Waals surface area contributed by atoms with Crippen LogP contribution in [-0.4, -0.2) is 18.9 Å². The highest BCUT2D eigenvalue weighted by molar-refractivity contribution is 5.99. The Morgan fingerprint density at radius 3 is 2.22 bits per heavy atom. The van der Waals surface area contributed by atoms with E-state index < -0.39 is 0 Å². The molecule has 1 aliphatic rings. The maximum absolute atomic E-state index is 13.3. The van der Waals surface area contributed by atoms with Gasteiger partial charge in [0.25, 0.3) is 0 Å². The van der Waals surface area contributed by atoms with Crippen molar-refractivity contribution < 1.29 is 9.18 Å². The van der Waals surface area contributed by atoms with Gasteiger partial charge in [-0.25, -0.2) is 4.39 Å². The van der Waals surface area contributed by atoms with Crippen molar-refractivity contribution in [2.75, 3.05) is 18.0 Å². The number of benzene rings is 3. The van der Waals surface area contributed by atoms with Gasteiger partial charge in [-0.3, -0.25) is 4.79 Å². The van der Waals surface area contributed by atoms with Crippen LogP contribution >= 0.6 is 0 Å². The summed E-state index contributed by atoms with van der Waals surface area (Å²) in [7, 11) is 0. The number of anilines is 1. The van der Waals surface area contributed by atoms with Crippen LogP contribution in [0.15, 0.2) is 78.9 Å². The van der Waals surface area contributed by atoms with Gasteiger partial charge in [-0.15, -0.1) is 0 Å². The molecule has 0 aliphatic carbocycles. The first kappa shape index (κ1) is 17.5. The maximum atomic E-state index is 13.3. The quantitative estimate of drug-likeness (QED) is 0.594. The molecule has 27 heavy (non-hydrogen) atoms. The van der Waals surface area contributed by atoms with Gasteiger partial charge in [-0.2, -0.15) is 0 Å². The third-order valence-corrected chi connectivity index (χ3v) is 5.41. The van der Waals surface area contributed by atoms with Crippen LogP contribution in [0.5, 0.6) is 0 Å². The SMILES string of the molecule is Cc1ccc([C@@H]2CN(c3ccccc3)C[C@@H]2C(=O)c2ccc(F)cc2)cc1. The second kappa shape index (κ2) is 7.36. The van der Waals surface area contributed by atoms with Gasteiger partial charge in [0.15, 0.2) is 5.78 Å². The van der Waals surface area contributed by atoms with Gasteiger partial charge in [0.2, 0.25) is 0 Å². The molecule has 1 aliphatic heterocycles. The fourth-order valence-electron chi connectivity index (χ4n) is 3.90. The van der Waals surface area contributed by atoms with Gasteiger partial charge >= 0.3 is 0 Å². The second-order valence-electron chi connectivity index (χ2n) is 7.24. The minimum Gasteiger partial charge on any atom is -0.370 e. The van der Waals surface area contributed by atoms with Crippen molar-refractivity contribution in [1.29, 1.82) is 0 Å². The molecule has 1 fully saturated rings. The lowest BCUT2D eigenvalue weighted by Crippen LogP contribution is -2.23. The van der Waals surface area contributed by atoms with Crippen molar-refractivity contribution in [3.63, 3.8) is 0 Å². The number of para-hydroxylation sites is 1. The molecular weight excluding hydrogens is 337 g/mol. The van der Waals surface area contributed by atoms with E-state index in [-0.39, 0.29) is 23.4 Å².